The van der Waals surface area contributed by atoms with Crippen molar-refractivity contribution >= 4 is 34.7 Å². The van der Waals surface area contributed by atoms with Gasteiger partial charge in [-0.2, -0.15) is 0 Å². The second kappa shape index (κ2) is 7.87. The molecule has 1 aromatic carbocycles. The molecule has 0 aromatic heterocycles. The van der Waals surface area contributed by atoms with Crippen LogP contribution in [-0.2, 0) is 16.0 Å². The van der Waals surface area contributed by atoms with Gasteiger partial charge in [0.25, 0.3) is 5.24 Å². The predicted octanol–water partition coefficient (Wildman–Crippen LogP) is 2.28. The summed E-state index contributed by atoms with van der Waals surface area (Å²) >= 11 is 1.06. The van der Waals surface area contributed by atoms with Crippen molar-refractivity contribution in [2.75, 3.05) is 20.7 Å². The highest BCUT2D eigenvalue weighted by Gasteiger charge is 2.37. The fourth-order valence-electron chi connectivity index (χ4n) is 3.46. The Hall–Kier alpha value is -2.87. The number of carbonyl (C=O) groups excluding carboxylic acids is 3. The molecule has 3 atom stereocenters. The average molecular weight is 411 g/mol. The number of imide groups is 1. The van der Waals surface area contributed by atoms with Crippen LogP contribution in [-0.4, -0.2) is 64.7 Å². The Morgan fingerprint density at radius 2 is 1.72 bits per heavy atom. The minimum absolute atomic E-state index is 0.0118. The molecule has 1 saturated heterocycles. The zero-order chi connectivity index (χ0) is 20.5. The van der Waals surface area contributed by atoms with E-state index in [1.54, 1.807) is 11.9 Å². The number of carbonyl (C=O) groups is 3. The normalized spacial score (nSPS) is 26.1. The predicted molar refractivity (Wildman–Crippen MR) is 111 cm³/mol. The third-order valence-electron chi connectivity index (χ3n) is 5.24. The van der Waals surface area contributed by atoms with Crippen LogP contribution in [0.1, 0.15) is 5.56 Å². The van der Waals surface area contributed by atoms with Gasteiger partial charge in [0.2, 0.25) is 11.8 Å². The molecular weight excluding hydrogens is 390 g/mol. The molecule has 2 heterocycles. The Balaban J connectivity index is 1.37. The summed E-state index contributed by atoms with van der Waals surface area (Å²) in [7, 11) is 3.22. The number of hydrogen-bond acceptors (Lipinski definition) is 6. The van der Waals surface area contributed by atoms with E-state index in [2.05, 4.69) is 4.99 Å². The monoisotopic (exact) mass is 411 g/mol. The molecule has 0 radical (unpaired) electrons. The maximum absolute atomic E-state index is 12.5. The zero-order valence-electron chi connectivity index (χ0n) is 16.1. The van der Waals surface area contributed by atoms with Crippen molar-refractivity contribution in [2.45, 2.75) is 17.7 Å². The maximum atomic E-state index is 12.5. The molecule has 3 unspecified atom stereocenters. The van der Waals surface area contributed by atoms with Crippen LogP contribution >= 0.6 is 11.8 Å². The van der Waals surface area contributed by atoms with Gasteiger partial charge in [0, 0.05) is 14.1 Å². The Morgan fingerprint density at radius 3 is 2.41 bits per heavy atom. The van der Waals surface area contributed by atoms with Gasteiger partial charge in [-0.3, -0.25) is 24.3 Å². The second-order valence-electron chi connectivity index (χ2n) is 7.14. The first-order valence-corrected chi connectivity index (χ1v) is 10.2. The first-order valence-electron chi connectivity index (χ1n) is 9.33. The van der Waals surface area contributed by atoms with Crippen LogP contribution in [0.5, 0.6) is 5.75 Å². The van der Waals surface area contributed by atoms with Crippen molar-refractivity contribution in [1.82, 2.24) is 9.80 Å². The van der Waals surface area contributed by atoms with Crippen LogP contribution in [0.3, 0.4) is 0 Å². The van der Waals surface area contributed by atoms with Gasteiger partial charge in [-0.05, 0) is 24.1 Å². The zero-order valence-corrected chi connectivity index (χ0v) is 17.0. The highest BCUT2D eigenvalue weighted by atomic mass is 32.2. The molecule has 0 spiro atoms. The third kappa shape index (κ3) is 3.85. The molecule has 1 fully saturated rings. The standard InChI is InChI=1S/C21H21N3O4S/c1-23-18(22-16-6-4-3-5-15(16)19(23)25)12-28-14-9-7-13(8-10-14)11-17-20(26)24(2)21(27)29-17/h3-10,15-17H,11-12H2,1-2H3. The fourth-order valence-corrected chi connectivity index (χ4v) is 4.49. The van der Waals surface area contributed by atoms with Crippen molar-refractivity contribution in [3.8, 4) is 5.75 Å². The van der Waals surface area contributed by atoms with Crippen LogP contribution in [0.25, 0.3) is 0 Å². The molecule has 0 N–H and O–H groups in total. The van der Waals surface area contributed by atoms with E-state index in [4.69, 9.17) is 4.74 Å². The SMILES string of the molecule is CN1C(=O)SC(Cc2ccc(OCC3=NC4C=CC=CC4C(=O)N3C)cc2)C1=O. The van der Waals surface area contributed by atoms with E-state index < -0.39 is 0 Å². The first-order chi connectivity index (χ1) is 13.9. The number of aliphatic imine (C=N–C) groups is 1. The summed E-state index contributed by atoms with van der Waals surface area (Å²) in [5.41, 5.74) is 0.954. The smallest absolute Gasteiger partial charge is 0.288 e. The number of amides is 3. The Bertz CT molecular complexity index is 938. The van der Waals surface area contributed by atoms with Gasteiger partial charge in [-0.15, -0.1) is 0 Å². The van der Waals surface area contributed by atoms with E-state index in [9.17, 15) is 14.4 Å². The van der Waals surface area contributed by atoms with Crippen LogP contribution in [0.15, 0.2) is 53.6 Å². The van der Waals surface area contributed by atoms with E-state index in [1.165, 1.54) is 7.05 Å². The Kier molecular flexibility index (Phi) is 5.27. The number of rotatable bonds is 5. The quantitative estimate of drug-likeness (QED) is 0.743. The molecule has 0 saturated carbocycles. The lowest BCUT2D eigenvalue weighted by atomic mass is 9.92. The minimum atomic E-state index is -0.374. The van der Waals surface area contributed by atoms with E-state index in [0.29, 0.717) is 18.0 Å². The minimum Gasteiger partial charge on any atom is -0.486 e. The van der Waals surface area contributed by atoms with E-state index >= 15 is 0 Å². The van der Waals surface area contributed by atoms with Gasteiger partial charge in [0.1, 0.15) is 18.2 Å². The van der Waals surface area contributed by atoms with Crippen LogP contribution in [0, 0.1) is 5.92 Å². The van der Waals surface area contributed by atoms with Gasteiger partial charge in [0.15, 0.2) is 0 Å². The fraction of sp³-hybridized carbons (Fsp3) is 0.333. The van der Waals surface area contributed by atoms with Crippen LogP contribution < -0.4 is 4.74 Å². The van der Waals surface area contributed by atoms with E-state index in [0.717, 1.165) is 22.2 Å². The van der Waals surface area contributed by atoms with E-state index in [1.807, 2.05) is 48.6 Å². The molecule has 1 aliphatic carbocycles. The molecule has 7 nitrogen and oxygen atoms in total. The summed E-state index contributed by atoms with van der Waals surface area (Å²) in [4.78, 5) is 43.5. The highest BCUT2D eigenvalue weighted by molar-refractivity contribution is 8.15. The lowest BCUT2D eigenvalue weighted by Gasteiger charge is -2.32. The molecule has 8 heteroatoms. The summed E-state index contributed by atoms with van der Waals surface area (Å²) in [6, 6.07) is 7.24. The van der Waals surface area contributed by atoms with E-state index in [-0.39, 0.29) is 40.9 Å². The highest BCUT2D eigenvalue weighted by Crippen LogP contribution is 2.29. The van der Waals surface area contributed by atoms with Crippen LogP contribution in [0.2, 0.25) is 0 Å². The molecule has 150 valence electrons. The largest absolute Gasteiger partial charge is 0.486 e. The van der Waals surface area contributed by atoms with Crippen molar-refractivity contribution in [3.05, 3.63) is 54.1 Å². The average Bonchev–Trinajstić information content (AvgIpc) is 2.97. The Morgan fingerprint density at radius 1 is 1.00 bits per heavy atom. The molecule has 3 amide bonds. The van der Waals surface area contributed by atoms with Crippen molar-refractivity contribution in [3.63, 3.8) is 0 Å². The Labute approximate surface area is 173 Å². The lowest BCUT2D eigenvalue weighted by molar-refractivity contribution is -0.130. The van der Waals surface area contributed by atoms with Gasteiger partial charge in [-0.25, -0.2) is 0 Å². The maximum Gasteiger partial charge on any atom is 0.288 e. The molecule has 4 rings (SSSR count). The number of likely N-dealkylation sites (N-methyl/N-ethyl adjacent to an activating group) is 1. The summed E-state index contributed by atoms with van der Waals surface area (Å²) in [5.74, 6) is 0.855. The van der Waals surface area contributed by atoms with Crippen LogP contribution in [0.4, 0.5) is 4.79 Å². The molecule has 3 aliphatic rings. The molecule has 0 bridgehead atoms. The summed E-state index contributed by atoms with van der Waals surface area (Å²) in [6.45, 7) is 0.193. The number of hydrogen-bond donors (Lipinski definition) is 0. The lowest BCUT2D eigenvalue weighted by Crippen LogP contribution is -2.48. The number of benzene rings is 1. The van der Waals surface area contributed by atoms with Crippen molar-refractivity contribution in [1.29, 1.82) is 0 Å². The number of allylic oxidation sites excluding steroid dienone is 2. The summed E-state index contributed by atoms with van der Waals surface area (Å²) in [5, 5.41) is -0.585. The van der Waals surface area contributed by atoms with Gasteiger partial charge >= 0.3 is 0 Å². The topological polar surface area (TPSA) is 79.3 Å². The van der Waals surface area contributed by atoms with Gasteiger partial charge in [0.05, 0.1) is 17.2 Å². The molecule has 29 heavy (non-hydrogen) atoms. The number of nitrogens with zero attached hydrogens (tertiary/aromatic N) is 3. The second-order valence-corrected chi connectivity index (χ2v) is 8.29. The summed E-state index contributed by atoms with van der Waals surface area (Å²) in [6.07, 6.45) is 8.07. The number of amidine groups is 1. The molecule has 1 aromatic rings. The van der Waals surface area contributed by atoms with Gasteiger partial charge < -0.3 is 9.64 Å². The molecule has 2 aliphatic heterocycles. The van der Waals surface area contributed by atoms with Crippen molar-refractivity contribution < 1.29 is 19.1 Å². The van der Waals surface area contributed by atoms with Crippen molar-refractivity contribution in [2.24, 2.45) is 10.9 Å². The molecular formula is C21H21N3O4S. The summed E-state index contributed by atoms with van der Waals surface area (Å²) < 4.78 is 5.82. The number of ether oxygens (including phenoxy) is 1. The number of fused-ring (bicyclic) bond motifs is 1. The van der Waals surface area contributed by atoms with Gasteiger partial charge in [-0.1, -0.05) is 48.2 Å². The first kappa shape index (κ1) is 19.4. The third-order valence-corrected chi connectivity index (χ3v) is 6.37. The number of thioether (sulfide) groups is 1.